The van der Waals surface area contributed by atoms with Crippen molar-refractivity contribution in [3.63, 3.8) is 0 Å². The number of hydrogen-bond donors (Lipinski definition) is 3. The normalized spacial score (nSPS) is 20.0. The van der Waals surface area contributed by atoms with Crippen LogP contribution in [0.5, 0.6) is 0 Å². The lowest BCUT2D eigenvalue weighted by atomic mass is 9.87. The van der Waals surface area contributed by atoms with E-state index >= 15 is 0 Å². The first-order valence-electron chi connectivity index (χ1n) is 9.47. The molecule has 2 aliphatic rings. The number of urea groups is 1. The summed E-state index contributed by atoms with van der Waals surface area (Å²) in [5.74, 6) is -0.181. The number of aliphatic hydroxyl groups excluding tert-OH is 1. The average Bonchev–Trinajstić information content (AvgIpc) is 2.69. The molecule has 3 rings (SSSR count). The zero-order valence-corrected chi connectivity index (χ0v) is 15.6. The largest absolute Gasteiger partial charge is 0.463 e. The highest BCUT2D eigenvalue weighted by atomic mass is 16.5. The van der Waals surface area contributed by atoms with E-state index in [2.05, 4.69) is 15.5 Å². The number of nitrogens with zero attached hydrogens (tertiary/aromatic N) is 1. The molecule has 0 spiro atoms. The maximum absolute atomic E-state index is 12.1. The number of benzene rings is 1. The SMILES string of the molecule is CCOC(=O)C1=C(CN2CCC([C@@H](O)c3ccccc3)CC2)NC(=O)NC1. The molecule has 1 aromatic carbocycles. The molecule has 7 nitrogen and oxygen atoms in total. The molecule has 2 amide bonds. The average molecular weight is 373 g/mol. The lowest BCUT2D eigenvalue weighted by molar-refractivity contribution is -0.138. The van der Waals surface area contributed by atoms with E-state index in [9.17, 15) is 14.7 Å². The summed E-state index contributed by atoms with van der Waals surface area (Å²) in [6.45, 7) is 4.34. The van der Waals surface area contributed by atoms with Crippen molar-refractivity contribution in [2.45, 2.75) is 25.9 Å². The quantitative estimate of drug-likeness (QED) is 0.659. The van der Waals surface area contributed by atoms with E-state index in [1.165, 1.54) is 0 Å². The molecule has 0 unspecified atom stereocenters. The Morgan fingerprint density at radius 3 is 2.67 bits per heavy atom. The number of ether oxygens (including phenoxy) is 1. The zero-order valence-electron chi connectivity index (χ0n) is 15.6. The van der Waals surface area contributed by atoms with Crippen LogP contribution in [0.4, 0.5) is 4.79 Å². The van der Waals surface area contributed by atoms with E-state index < -0.39 is 12.1 Å². The molecule has 1 fully saturated rings. The van der Waals surface area contributed by atoms with E-state index in [-0.39, 0.29) is 18.5 Å². The van der Waals surface area contributed by atoms with Gasteiger partial charge in [0.15, 0.2) is 0 Å². The summed E-state index contributed by atoms with van der Waals surface area (Å²) in [5, 5.41) is 16.0. The fourth-order valence-corrected chi connectivity index (χ4v) is 3.65. The van der Waals surface area contributed by atoms with E-state index in [4.69, 9.17) is 4.74 Å². The minimum Gasteiger partial charge on any atom is -0.463 e. The molecule has 2 aliphatic heterocycles. The first kappa shape index (κ1) is 19.4. The van der Waals surface area contributed by atoms with Crippen LogP contribution in [0.25, 0.3) is 0 Å². The van der Waals surface area contributed by atoms with Crippen molar-refractivity contribution < 1.29 is 19.4 Å². The van der Waals surface area contributed by atoms with Gasteiger partial charge in [-0.1, -0.05) is 30.3 Å². The topological polar surface area (TPSA) is 90.9 Å². The van der Waals surface area contributed by atoms with Crippen LogP contribution in [0.1, 0.15) is 31.4 Å². The third-order valence-corrected chi connectivity index (χ3v) is 5.18. The molecule has 1 aromatic rings. The fourth-order valence-electron chi connectivity index (χ4n) is 3.65. The number of amides is 2. The molecular weight excluding hydrogens is 346 g/mol. The van der Waals surface area contributed by atoms with Crippen molar-refractivity contribution in [3.8, 4) is 0 Å². The lowest BCUT2D eigenvalue weighted by Crippen LogP contribution is -2.48. The number of piperidine rings is 1. The van der Waals surface area contributed by atoms with Gasteiger partial charge in [0.05, 0.1) is 24.8 Å². The maximum Gasteiger partial charge on any atom is 0.337 e. The van der Waals surface area contributed by atoms with Crippen molar-refractivity contribution in [2.75, 3.05) is 32.8 Å². The Morgan fingerprint density at radius 2 is 2.00 bits per heavy atom. The van der Waals surface area contributed by atoms with Gasteiger partial charge in [-0.2, -0.15) is 0 Å². The molecule has 0 radical (unpaired) electrons. The molecule has 0 aliphatic carbocycles. The summed E-state index contributed by atoms with van der Waals surface area (Å²) in [7, 11) is 0. The summed E-state index contributed by atoms with van der Waals surface area (Å²) in [5.41, 5.74) is 2.04. The van der Waals surface area contributed by atoms with Crippen LogP contribution in [0.3, 0.4) is 0 Å². The van der Waals surface area contributed by atoms with Crippen LogP contribution < -0.4 is 10.6 Å². The third kappa shape index (κ3) is 4.87. The smallest absolute Gasteiger partial charge is 0.337 e. The number of likely N-dealkylation sites (tertiary alicyclic amines) is 1. The maximum atomic E-state index is 12.1. The second-order valence-corrected chi connectivity index (χ2v) is 6.95. The monoisotopic (exact) mass is 373 g/mol. The molecule has 1 saturated heterocycles. The number of esters is 1. The highest BCUT2D eigenvalue weighted by Gasteiger charge is 2.29. The van der Waals surface area contributed by atoms with Gasteiger partial charge in [0.2, 0.25) is 0 Å². The van der Waals surface area contributed by atoms with Gasteiger partial charge in [0, 0.05) is 12.2 Å². The van der Waals surface area contributed by atoms with Gasteiger partial charge >= 0.3 is 12.0 Å². The summed E-state index contributed by atoms with van der Waals surface area (Å²) < 4.78 is 5.09. The molecule has 2 heterocycles. The molecule has 146 valence electrons. The summed E-state index contributed by atoms with van der Waals surface area (Å²) in [4.78, 5) is 26.0. The Hall–Kier alpha value is -2.38. The van der Waals surface area contributed by atoms with E-state index in [0.29, 0.717) is 24.4 Å². The number of carbonyl (C=O) groups excluding carboxylic acids is 2. The Morgan fingerprint density at radius 1 is 1.30 bits per heavy atom. The number of rotatable bonds is 6. The zero-order chi connectivity index (χ0) is 19.2. The van der Waals surface area contributed by atoms with Gasteiger partial charge in [0.1, 0.15) is 0 Å². The Kier molecular flexibility index (Phi) is 6.47. The first-order valence-corrected chi connectivity index (χ1v) is 9.47. The van der Waals surface area contributed by atoms with Gasteiger partial charge < -0.3 is 20.5 Å². The minimum absolute atomic E-state index is 0.184. The molecule has 1 atom stereocenters. The predicted molar refractivity (Wildman–Crippen MR) is 101 cm³/mol. The van der Waals surface area contributed by atoms with Crippen LogP contribution >= 0.6 is 0 Å². The molecular formula is C20H27N3O4. The van der Waals surface area contributed by atoms with Crippen molar-refractivity contribution in [1.82, 2.24) is 15.5 Å². The van der Waals surface area contributed by atoms with Crippen LogP contribution in [-0.4, -0.2) is 54.8 Å². The first-order chi connectivity index (χ1) is 13.1. The van der Waals surface area contributed by atoms with Crippen LogP contribution in [0.2, 0.25) is 0 Å². The summed E-state index contributed by atoms with van der Waals surface area (Å²) >= 11 is 0. The van der Waals surface area contributed by atoms with Gasteiger partial charge in [-0.3, -0.25) is 4.90 Å². The highest BCUT2D eigenvalue weighted by molar-refractivity contribution is 5.93. The van der Waals surface area contributed by atoms with Crippen LogP contribution in [0.15, 0.2) is 41.6 Å². The number of aliphatic hydroxyl groups is 1. The molecule has 3 N–H and O–H groups in total. The standard InChI is InChI=1S/C20H27N3O4/c1-2-27-19(25)16-12-21-20(26)22-17(16)13-23-10-8-15(9-11-23)18(24)14-6-4-3-5-7-14/h3-7,15,18,24H,2,8-13H2,1H3,(H2,21,22,26)/t18-/m0/s1. The predicted octanol–water partition coefficient (Wildman–Crippen LogP) is 1.56. The van der Waals surface area contributed by atoms with Crippen molar-refractivity contribution >= 4 is 12.0 Å². The van der Waals surface area contributed by atoms with Gasteiger partial charge in [0.25, 0.3) is 0 Å². The lowest BCUT2D eigenvalue weighted by Gasteiger charge is -2.35. The Balaban J connectivity index is 1.60. The number of carbonyl (C=O) groups is 2. The van der Waals surface area contributed by atoms with Crippen LogP contribution in [-0.2, 0) is 9.53 Å². The molecule has 0 aromatic heterocycles. The van der Waals surface area contributed by atoms with Gasteiger partial charge in [-0.15, -0.1) is 0 Å². The summed E-state index contributed by atoms with van der Waals surface area (Å²) in [6.07, 6.45) is 1.27. The second-order valence-electron chi connectivity index (χ2n) is 6.95. The second kappa shape index (κ2) is 9.01. The molecule has 27 heavy (non-hydrogen) atoms. The van der Waals surface area contributed by atoms with E-state index in [1.54, 1.807) is 6.92 Å². The molecule has 0 saturated carbocycles. The highest BCUT2D eigenvalue weighted by Crippen LogP contribution is 2.30. The van der Waals surface area contributed by atoms with Gasteiger partial charge in [-0.25, -0.2) is 9.59 Å². The van der Waals surface area contributed by atoms with Gasteiger partial charge in [-0.05, 0) is 44.3 Å². The number of hydrogen-bond acceptors (Lipinski definition) is 5. The van der Waals surface area contributed by atoms with Crippen molar-refractivity contribution in [2.24, 2.45) is 5.92 Å². The minimum atomic E-state index is -0.457. The Labute approximate surface area is 159 Å². The van der Waals surface area contributed by atoms with Crippen LogP contribution in [0, 0.1) is 5.92 Å². The third-order valence-electron chi connectivity index (χ3n) is 5.18. The Bertz CT molecular complexity index is 696. The molecule has 7 heteroatoms. The van der Waals surface area contributed by atoms with Crippen molar-refractivity contribution in [3.05, 3.63) is 47.2 Å². The summed E-state index contributed by atoms with van der Waals surface area (Å²) in [6, 6.07) is 9.44. The molecule has 0 bridgehead atoms. The van der Waals surface area contributed by atoms with E-state index in [1.807, 2.05) is 30.3 Å². The van der Waals surface area contributed by atoms with E-state index in [0.717, 1.165) is 31.5 Å². The fraction of sp³-hybridized carbons (Fsp3) is 0.500. The van der Waals surface area contributed by atoms with Crippen molar-refractivity contribution in [1.29, 1.82) is 0 Å². The number of nitrogens with one attached hydrogen (secondary N) is 2.